The van der Waals surface area contributed by atoms with Crippen molar-refractivity contribution in [3.05, 3.63) is 89.8 Å². The van der Waals surface area contributed by atoms with Crippen molar-refractivity contribution in [1.29, 1.82) is 0 Å². The van der Waals surface area contributed by atoms with E-state index in [0.717, 1.165) is 37.4 Å². The molecule has 1 aliphatic rings. The average molecular weight is 535 g/mol. The molecule has 5 heterocycles. The standard InChI is InChI=1S/C29H30N10O/c1-20(2)19-38-28(40)23-17-32-29(33-21-7-9-22(10-8-21)37-15-13-36(3)14-16-37)35-27(23)39(38)26-6-4-5-24(34-26)25-18-30-11-12-31-25/h4-12,17-18H,1,13-16,19H2,2-3H3,(H,32,33,35). The van der Waals surface area contributed by atoms with Gasteiger partial charge in [-0.25, -0.2) is 19.3 Å². The maximum atomic E-state index is 13.4. The molecule has 0 atom stereocenters. The third-order valence-electron chi connectivity index (χ3n) is 6.86. The topological polar surface area (TPSA) is 110 Å². The molecule has 1 fully saturated rings. The van der Waals surface area contributed by atoms with Gasteiger partial charge in [-0.1, -0.05) is 18.2 Å². The Kier molecular flexibility index (Phi) is 6.79. The summed E-state index contributed by atoms with van der Waals surface area (Å²) in [6.45, 7) is 10.3. The summed E-state index contributed by atoms with van der Waals surface area (Å²) in [4.78, 5) is 40.7. The number of benzene rings is 1. The number of piperazine rings is 1. The van der Waals surface area contributed by atoms with Crippen LogP contribution < -0.4 is 15.8 Å². The number of nitrogens with zero attached hydrogens (tertiary/aromatic N) is 9. The van der Waals surface area contributed by atoms with Crippen LogP contribution in [0.1, 0.15) is 6.92 Å². The van der Waals surface area contributed by atoms with Crippen molar-refractivity contribution in [1.82, 2.24) is 39.2 Å². The van der Waals surface area contributed by atoms with E-state index in [0.29, 0.717) is 40.7 Å². The first kappa shape index (κ1) is 25.4. The Hall–Kier alpha value is -4.90. The molecule has 0 bridgehead atoms. The molecule has 6 rings (SSSR count). The molecule has 11 heteroatoms. The minimum atomic E-state index is -0.215. The smallest absolute Gasteiger partial charge is 0.278 e. The second-order valence-corrected chi connectivity index (χ2v) is 10.00. The third-order valence-corrected chi connectivity index (χ3v) is 6.86. The number of fused-ring (bicyclic) bond motifs is 1. The lowest BCUT2D eigenvalue weighted by molar-refractivity contribution is 0.313. The number of aromatic nitrogens is 7. The predicted octanol–water partition coefficient (Wildman–Crippen LogP) is 3.51. The van der Waals surface area contributed by atoms with E-state index in [1.54, 1.807) is 34.2 Å². The molecule has 0 saturated carbocycles. The van der Waals surface area contributed by atoms with Crippen LogP contribution in [0.2, 0.25) is 0 Å². The van der Waals surface area contributed by atoms with Crippen LogP contribution in [0.15, 0.2) is 84.2 Å². The van der Waals surface area contributed by atoms with E-state index in [2.05, 4.69) is 55.8 Å². The Morgan fingerprint density at radius 1 is 0.950 bits per heavy atom. The van der Waals surface area contributed by atoms with E-state index in [1.807, 2.05) is 37.3 Å². The Bertz CT molecular complexity index is 1720. The van der Waals surface area contributed by atoms with Crippen LogP contribution in [0, 0.1) is 0 Å². The van der Waals surface area contributed by atoms with Crippen molar-refractivity contribution in [2.24, 2.45) is 0 Å². The van der Waals surface area contributed by atoms with Gasteiger partial charge in [0.25, 0.3) is 5.56 Å². The summed E-state index contributed by atoms with van der Waals surface area (Å²) in [5.74, 6) is 0.906. The zero-order chi connectivity index (χ0) is 27.6. The number of hydrogen-bond acceptors (Lipinski definition) is 9. The fourth-order valence-electron chi connectivity index (χ4n) is 4.78. The van der Waals surface area contributed by atoms with Crippen LogP contribution >= 0.6 is 0 Å². The number of hydrogen-bond donors (Lipinski definition) is 1. The van der Waals surface area contributed by atoms with Gasteiger partial charge in [-0.3, -0.25) is 14.8 Å². The zero-order valence-corrected chi connectivity index (χ0v) is 22.5. The fraction of sp³-hybridized carbons (Fsp3) is 0.241. The molecule has 5 aromatic rings. The lowest BCUT2D eigenvalue weighted by Gasteiger charge is -2.34. The number of nitrogens with one attached hydrogen (secondary N) is 1. The quantitative estimate of drug-likeness (QED) is 0.314. The summed E-state index contributed by atoms with van der Waals surface area (Å²) in [6, 6.07) is 13.8. The van der Waals surface area contributed by atoms with E-state index in [1.165, 1.54) is 5.69 Å². The SMILES string of the molecule is C=C(C)Cn1c(=O)c2cnc(Nc3ccc(N4CCN(C)CC4)cc3)nc2n1-c1cccc(-c2cnccn2)n1. The number of likely N-dealkylation sites (N-methyl/N-ethyl adjacent to an activating group) is 1. The van der Waals surface area contributed by atoms with Crippen molar-refractivity contribution >= 4 is 28.4 Å². The lowest BCUT2D eigenvalue weighted by Crippen LogP contribution is -2.44. The highest BCUT2D eigenvalue weighted by molar-refractivity contribution is 5.77. The Morgan fingerprint density at radius 2 is 1.75 bits per heavy atom. The van der Waals surface area contributed by atoms with Gasteiger partial charge in [0.2, 0.25) is 5.95 Å². The van der Waals surface area contributed by atoms with E-state index in [9.17, 15) is 4.79 Å². The summed E-state index contributed by atoms with van der Waals surface area (Å²) >= 11 is 0. The molecule has 11 nitrogen and oxygen atoms in total. The number of pyridine rings is 1. The van der Waals surface area contributed by atoms with Gasteiger partial charge in [0.05, 0.1) is 18.4 Å². The Labute approximate surface area is 231 Å². The van der Waals surface area contributed by atoms with Crippen LogP contribution in [0.25, 0.3) is 28.2 Å². The van der Waals surface area contributed by atoms with E-state index in [-0.39, 0.29) is 5.56 Å². The van der Waals surface area contributed by atoms with Crippen molar-refractivity contribution in [3.8, 4) is 17.2 Å². The number of anilines is 3. The molecule has 0 radical (unpaired) electrons. The molecule has 1 aromatic carbocycles. The molecule has 0 spiro atoms. The van der Waals surface area contributed by atoms with Gasteiger partial charge in [0, 0.05) is 56.1 Å². The largest absolute Gasteiger partial charge is 0.369 e. The van der Waals surface area contributed by atoms with Crippen LogP contribution in [0.5, 0.6) is 0 Å². The summed E-state index contributed by atoms with van der Waals surface area (Å²) < 4.78 is 3.30. The summed E-state index contributed by atoms with van der Waals surface area (Å²) in [7, 11) is 2.15. The first-order chi connectivity index (χ1) is 19.5. The fourth-order valence-corrected chi connectivity index (χ4v) is 4.78. The van der Waals surface area contributed by atoms with Gasteiger partial charge in [-0.2, -0.15) is 4.98 Å². The molecular formula is C29H30N10O. The molecular weight excluding hydrogens is 504 g/mol. The van der Waals surface area contributed by atoms with Gasteiger partial charge < -0.3 is 15.1 Å². The highest BCUT2D eigenvalue weighted by atomic mass is 16.1. The maximum Gasteiger partial charge on any atom is 0.278 e. The van der Waals surface area contributed by atoms with E-state index in [4.69, 9.17) is 9.97 Å². The van der Waals surface area contributed by atoms with Crippen LogP contribution in [-0.4, -0.2) is 72.4 Å². The highest BCUT2D eigenvalue weighted by Crippen LogP contribution is 2.23. The predicted molar refractivity (Wildman–Crippen MR) is 156 cm³/mol. The highest BCUT2D eigenvalue weighted by Gasteiger charge is 2.19. The van der Waals surface area contributed by atoms with E-state index < -0.39 is 0 Å². The van der Waals surface area contributed by atoms with Crippen molar-refractivity contribution < 1.29 is 0 Å². The molecule has 0 amide bonds. The van der Waals surface area contributed by atoms with Gasteiger partial charge in [0.15, 0.2) is 11.5 Å². The number of rotatable bonds is 7. The van der Waals surface area contributed by atoms with Crippen LogP contribution in [0.3, 0.4) is 0 Å². The molecule has 4 aromatic heterocycles. The number of allylic oxidation sites excluding steroid dienone is 1. The molecule has 0 aliphatic carbocycles. The molecule has 1 saturated heterocycles. The molecule has 0 unspecified atom stereocenters. The minimum Gasteiger partial charge on any atom is -0.369 e. The third kappa shape index (κ3) is 5.06. The van der Waals surface area contributed by atoms with E-state index >= 15 is 0 Å². The van der Waals surface area contributed by atoms with Gasteiger partial charge in [-0.15, -0.1) is 0 Å². The zero-order valence-electron chi connectivity index (χ0n) is 22.5. The minimum absolute atomic E-state index is 0.215. The summed E-state index contributed by atoms with van der Waals surface area (Å²) in [5.41, 5.74) is 4.36. The van der Waals surface area contributed by atoms with Crippen molar-refractivity contribution in [3.63, 3.8) is 0 Å². The first-order valence-corrected chi connectivity index (χ1v) is 13.1. The molecule has 202 valence electrons. The van der Waals surface area contributed by atoms with Crippen molar-refractivity contribution in [2.45, 2.75) is 13.5 Å². The molecule has 1 N–H and O–H groups in total. The second kappa shape index (κ2) is 10.7. The van der Waals surface area contributed by atoms with Crippen molar-refractivity contribution in [2.75, 3.05) is 43.4 Å². The first-order valence-electron chi connectivity index (χ1n) is 13.1. The normalized spacial score (nSPS) is 14.0. The second-order valence-electron chi connectivity index (χ2n) is 10.00. The molecule has 40 heavy (non-hydrogen) atoms. The Balaban J connectivity index is 1.36. The Morgan fingerprint density at radius 3 is 2.48 bits per heavy atom. The van der Waals surface area contributed by atoms with Crippen LogP contribution in [-0.2, 0) is 6.54 Å². The average Bonchev–Trinajstić information content (AvgIpc) is 3.24. The maximum absolute atomic E-state index is 13.4. The molecule has 1 aliphatic heterocycles. The van der Waals surface area contributed by atoms with Gasteiger partial charge in [0.1, 0.15) is 11.1 Å². The summed E-state index contributed by atoms with van der Waals surface area (Å²) in [5, 5.41) is 3.68. The summed E-state index contributed by atoms with van der Waals surface area (Å²) in [6.07, 6.45) is 6.45. The van der Waals surface area contributed by atoms with Gasteiger partial charge >= 0.3 is 0 Å². The van der Waals surface area contributed by atoms with Crippen LogP contribution in [0.4, 0.5) is 17.3 Å². The lowest BCUT2D eigenvalue weighted by atomic mass is 10.2. The van der Waals surface area contributed by atoms with Gasteiger partial charge in [-0.05, 0) is 50.4 Å². The monoisotopic (exact) mass is 534 g/mol.